The van der Waals surface area contributed by atoms with Crippen molar-refractivity contribution in [3.05, 3.63) is 42.1 Å². The van der Waals surface area contributed by atoms with Gasteiger partial charge in [0.1, 0.15) is 5.82 Å². The number of carbonyl (C=O) groups excluding carboxylic acids is 1. The van der Waals surface area contributed by atoms with Crippen LogP contribution in [0.1, 0.15) is 29.6 Å². The lowest BCUT2D eigenvalue weighted by atomic mass is 10.1. The molecular formula is C19H23N5O. The number of pyridine rings is 1. The minimum absolute atomic E-state index is 0.0227. The van der Waals surface area contributed by atoms with Crippen LogP contribution in [0.4, 0.5) is 22.9 Å². The molecule has 130 valence electrons. The van der Waals surface area contributed by atoms with E-state index in [9.17, 15) is 4.79 Å². The minimum Gasteiger partial charge on any atom is -0.367 e. The zero-order valence-corrected chi connectivity index (χ0v) is 14.6. The fourth-order valence-corrected chi connectivity index (χ4v) is 3.77. The average Bonchev–Trinajstić information content (AvgIpc) is 3.01. The van der Waals surface area contributed by atoms with E-state index in [2.05, 4.69) is 15.2 Å². The fourth-order valence-electron chi connectivity index (χ4n) is 3.77. The molecule has 1 aliphatic heterocycles. The van der Waals surface area contributed by atoms with Gasteiger partial charge in [-0.2, -0.15) is 0 Å². The van der Waals surface area contributed by atoms with Crippen LogP contribution < -0.4 is 20.9 Å². The van der Waals surface area contributed by atoms with Crippen molar-refractivity contribution in [1.82, 2.24) is 4.98 Å². The van der Waals surface area contributed by atoms with Crippen LogP contribution in [0.2, 0.25) is 0 Å². The van der Waals surface area contributed by atoms with Gasteiger partial charge in [0.15, 0.2) is 0 Å². The van der Waals surface area contributed by atoms with Crippen molar-refractivity contribution in [3.8, 4) is 0 Å². The molecule has 3 N–H and O–H groups in total. The van der Waals surface area contributed by atoms with Gasteiger partial charge in [-0.1, -0.05) is 12.1 Å². The third kappa shape index (κ3) is 2.72. The molecule has 4 rings (SSSR count). The van der Waals surface area contributed by atoms with E-state index in [1.54, 1.807) is 18.1 Å². The predicted octanol–water partition coefficient (Wildman–Crippen LogP) is 2.73. The molecule has 0 saturated heterocycles. The minimum atomic E-state index is -0.0227. The molecule has 2 heterocycles. The Labute approximate surface area is 147 Å². The molecule has 1 aliphatic carbocycles. The lowest BCUT2D eigenvalue weighted by Crippen LogP contribution is -2.25. The number of aromatic nitrogens is 1. The summed E-state index contributed by atoms with van der Waals surface area (Å²) in [6.45, 7) is 0. The quantitative estimate of drug-likeness (QED) is 0.881. The number of benzene rings is 1. The predicted molar refractivity (Wildman–Crippen MR) is 101 cm³/mol. The molecule has 1 aromatic heterocycles. The maximum absolute atomic E-state index is 12.8. The highest BCUT2D eigenvalue weighted by Crippen LogP contribution is 2.39. The summed E-state index contributed by atoms with van der Waals surface area (Å²) in [5, 5.41) is 3.49. The van der Waals surface area contributed by atoms with Crippen molar-refractivity contribution >= 4 is 28.8 Å². The number of hydrogen-bond acceptors (Lipinski definition) is 5. The number of rotatable bonds is 2. The Hall–Kier alpha value is -2.60. The summed E-state index contributed by atoms with van der Waals surface area (Å²) in [5.74, 6) is 0.801. The van der Waals surface area contributed by atoms with Gasteiger partial charge in [0, 0.05) is 32.2 Å². The topological polar surface area (TPSA) is 74.5 Å². The van der Waals surface area contributed by atoms with Crippen LogP contribution in [0.5, 0.6) is 0 Å². The summed E-state index contributed by atoms with van der Waals surface area (Å²) >= 11 is 0. The number of para-hydroxylation sites is 1. The van der Waals surface area contributed by atoms with Crippen LogP contribution >= 0.6 is 0 Å². The smallest absolute Gasteiger partial charge is 0.260 e. The van der Waals surface area contributed by atoms with Gasteiger partial charge in [-0.05, 0) is 31.4 Å². The van der Waals surface area contributed by atoms with Gasteiger partial charge in [-0.3, -0.25) is 4.79 Å². The van der Waals surface area contributed by atoms with Crippen molar-refractivity contribution in [1.29, 1.82) is 0 Å². The molecule has 2 atom stereocenters. The molecule has 1 amide bonds. The van der Waals surface area contributed by atoms with Crippen LogP contribution in [-0.4, -0.2) is 37.1 Å². The molecule has 1 aromatic carbocycles. The van der Waals surface area contributed by atoms with Crippen molar-refractivity contribution in [3.63, 3.8) is 0 Å². The van der Waals surface area contributed by atoms with Gasteiger partial charge in [0.2, 0.25) is 0 Å². The Morgan fingerprint density at radius 3 is 2.68 bits per heavy atom. The first-order chi connectivity index (χ1) is 12.0. The molecule has 0 spiro atoms. The highest BCUT2D eigenvalue weighted by atomic mass is 16.2. The summed E-state index contributed by atoms with van der Waals surface area (Å²) in [7, 11) is 3.78. The zero-order chi connectivity index (χ0) is 17.6. The first kappa shape index (κ1) is 15.9. The van der Waals surface area contributed by atoms with Gasteiger partial charge in [-0.15, -0.1) is 0 Å². The second-order valence-electron chi connectivity index (χ2n) is 6.91. The first-order valence-corrected chi connectivity index (χ1v) is 8.67. The normalized spacial score (nSPS) is 22.4. The molecule has 0 bridgehead atoms. The maximum Gasteiger partial charge on any atom is 0.260 e. The van der Waals surface area contributed by atoms with Crippen LogP contribution in [0, 0.1) is 0 Å². The number of anilines is 4. The summed E-state index contributed by atoms with van der Waals surface area (Å²) in [6.07, 6.45) is 4.85. The average molecular weight is 337 g/mol. The van der Waals surface area contributed by atoms with Crippen LogP contribution in [0.3, 0.4) is 0 Å². The second kappa shape index (κ2) is 6.04. The Morgan fingerprint density at radius 1 is 1.12 bits per heavy atom. The summed E-state index contributed by atoms with van der Waals surface area (Å²) < 4.78 is 0. The molecule has 6 heteroatoms. The highest BCUT2D eigenvalue weighted by molar-refractivity contribution is 6.13. The Bertz CT molecular complexity index is 821. The van der Waals surface area contributed by atoms with Gasteiger partial charge in [0.25, 0.3) is 5.91 Å². The lowest BCUT2D eigenvalue weighted by Gasteiger charge is -2.23. The summed E-state index contributed by atoms with van der Waals surface area (Å²) in [6, 6.07) is 10.3. The van der Waals surface area contributed by atoms with E-state index in [0.717, 1.165) is 42.1 Å². The second-order valence-corrected chi connectivity index (χ2v) is 6.91. The van der Waals surface area contributed by atoms with E-state index < -0.39 is 0 Å². The number of nitrogens with zero attached hydrogens (tertiary/aromatic N) is 3. The number of fused-ring (bicyclic) bond motifs is 2. The Morgan fingerprint density at radius 2 is 1.92 bits per heavy atom. The summed E-state index contributed by atoms with van der Waals surface area (Å²) in [4.78, 5) is 21.0. The van der Waals surface area contributed by atoms with E-state index in [1.165, 1.54) is 0 Å². The van der Waals surface area contributed by atoms with E-state index in [4.69, 9.17) is 5.73 Å². The molecule has 2 aliphatic rings. The third-order valence-electron chi connectivity index (χ3n) is 5.21. The first-order valence-electron chi connectivity index (χ1n) is 8.67. The molecule has 2 aromatic rings. The van der Waals surface area contributed by atoms with Gasteiger partial charge in [-0.25, -0.2) is 4.98 Å². The number of nitrogens with one attached hydrogen (secondary N) is 1. The van der Waals surface area contributed by atoms with Crippen LogP contribution in [-0.2, 0) is 0 Å². The number of nitrogens with two attached hydrogens (primary N) is 1. The largest absolute Gasteiger partial charge is 0.367 e. The lowest BCUT2D eigenvalue weighted by molar-refractivity contribution is 0.0994. The van der Waals surface area contributed by atoms with Crippen LogP contribution in [0.25, 0.3) is 0 Å². The number of amides is 1. The molecule has 25 heavy (non-hydrogen) atoms. The summed E-state index contributed by atoms with van der Waals surface area (Å²) in [5.41, 5.74) is 9.36. The number of hydrogen-bond donors (Lipinski definition) is 2. The van der Waals surface area contributed by atoms with E-state index >= 15 is 0 Å². The number of carbonyl (C=O) groups is 1. The standard InChI is InChI=1S/C19H23N5O/c1-23-15-6-4-3-5-14(15)19(25)24(2)17-11-21-18(10-16(17)23)22-13-8-7-12(20)9-13/h3-6,10-13H,7-9,20H2,1-2H3,(H,21,22)/t12-,13-/m0/s1. The zero-order valence-electron chi connectivity index (χ0n) is 14.6. The van der Waals surface area contributed by atoms with Crippen molar-refractivity contribution in [2.24, 2.45) is 5.73 Å². The van der Waals surface area contributed by atoms with E-state index in [1.807, 2.05) is 37.4 Å². The fraction of sp³-hybridized carbons (Fsp3) is 0.368. The van der Waals surface area contributed by atoms with Gasteiger partial charge in [0.05, 0.1) is 28.8 Å². The molecule has 1 fully saturated rings. The molecular weight excluding hydrogens is 314 g/mol. The highest BCUT2D eigenvalue weighted by Gasteiger charge is 2.28. The maximum atomic E-state index is 12.8. The van der Waals surface area contributed by atoms with Crippen molar-refractivity contribution in [2.75, 3.05) is 29.2 Å². The van der Waals surface area contributed by atoms with E-state index in [0.29, 0.717) is 11.6 Å². The molecule has 0 unspecified atom stereocenters. The Balaban J connectivity index is 1.73. The Kier molecular flexibility index (Phi) is 3.84. The molecule has 1 saturated carbocycles. The van der Waals surface area contributed by atoms with Crippen molar-refractivity contribution in [2.45, 2.75) is 31.3 Å². The van der Waals surface area contributed by atoms with Gasteiger partial charge >= 0.3 is 0 Å². The monoisotopic (exact) mass is 337 g/mol. The SMILES string of the molecule is CN1C(=O)c2ccccc2N(C)c2cc(N[C@H]3CC[C@H](N)C3)ncc21. The van der Waals surface area contributed by atoms with Gasteiger partial charge < -0.3 is 20.9 Å². The van der Waals surface area contributed by atoms with Crippen LogP contribution in [0.15, 0.2) is 36.5 Å². The van der Waals surface area contributed by atoms with E-state index in [-0.39, 0.29) is 11.9 Å². The molecule has 6 nitrogen and oxygen atoms in total. The van der Waals surface area contributed by atoms with Crippen molar-refractivity contribution < 1.29 is 4.79 Å². The third-order valence-corrected chi connectivity index (χ3v) is 5.21. The molecule has 0 radical (unpaired) electrons.